The Morgan fingerprint density at radius 2 is 1.85 bits per heavy atom. The van der Waals surface area contributed by atoms with Crippen LogP contribution in [0.1, 0.15) is 60.3 Å². The number of aliphatic imine (C=N–C) groups is 1. The van der Waals surface area contributed by atoms with Crippen molar-refractivity contribution in [3.8, 4) is 0 Å². The van der Waals surface area contributed by atoms with Crippen molar-refractivity contribution in [2.75, 3.05) is 46.4 Å². The molecule has 1 saturated heterocycles. The lowest BCUT2D eigenvalue weighted by Gasteiger charge is -2.40. The van der Waals surface area contributed by atoms with E-state index in [-0.39, 0.29) is 29.4 Å². The molecule has 0 radical (unpaired) electrons. The van der Waals surface area contributed by atoms with Crippen molar-refractivity contribution in [3.63, 3.8) is 0 Å². The Bertz CT molecular complexity index is 380. The molecule has 0 aromatic carbocycles. The lowest BCUT2D eigenvalue weighted by atomic mass is 9.78. The molecule has 2 N–H and O–H groups in total. The molecule has 0 spiro atoms. The second kappa shape index (κ2) is 14.0. The average molecular weight is 482 g/mol. The molecule has 1 aliphatic heterocycles. The summed E-state index contributed by atoms with van der Waals surface area (Å²) in [4.78, 5) is 6.84. The predicted molar refractivity (Wildman–Crippen MR) is 124 cm³/mol. The van der Waals surface area contributed by atoms with Gasteiger partial charge in [0.05, 0.1) is 6.10 Å². The Labute approximate surface area is 179 Å². The molecule has 1 aliphatic rings. The molecule has 0 aromatic heterocycles. The summed E-state index contributed by atoms with van der Waals surface area (Å²) in [6.45, 7) is 17.6. The molecule has 2 unspecified atom stereocenters. The van der Waals surface area contributed by atoms with Gasteiger partial charge in [-0.3, -0.25) is 4.99 Å². The molecule has 6 heteroatoms. The van der Waals surface area contributed by atoms with Gasteiger partial charge >= 0.3 is 0 Å². The summed E-state index contributed by atoms with van der Waals surface area (Å²) in [7, 11) is 1.85. The summed E-state index contributed by atoms with van der Waals surface area (Å²) in [5, 5.41) is 6.96. The van der Waals surface area contributed by atoms with Crippen LogP contribution in [0, 0.1) is 11.3 Å². The molecule has 1 fully saturated rings. The van der Waals surface area contributed by atoms with Gasteiger partial charge in [-0.15, -0.1) is 24.0 Å². The molecule has 0 aliphatic carbocycles. The number of ether oxygens (including phenoxy) is 1. The largest absolute Gasteiger partial charge is 0.377 e. The van der Waals surface area contributed by atoms with Gasteiger partial charge in [-0.05, 0) is 50.7 Å². The minimum Gasteiger partial charge on any atom is -0.377 e. The molecular formula is C20H43IN4O. The van der Waals surface area contributed by atoms with E-state index in [1.165, 1.54) is 25.8 Å². The first-order chi connectivity index (χ1) is 11.9. The van der Waals surface area contributed by atoms with E-state index in [1.807, 2.05) is 7.05 Å². The van der Waals surface area contributed by atoms with Crippen LogP contribution in [0.3, 0.4) is 0 Å². The van der Waals surface area contributed by atoms with Gasteiger partial charge in [0.1, 0.15) is 0 Å². The zero-order chi connectivity index (χ0) is 18.7. The summed E-state index contributed by atoms with van der Waals surface area (Å²) in [6.07, 6.45) is 5.12. The summed E-state index contributed by atoms with van der Waals surface area (Å²) in [5.74, 6) is 1.47. The average Bonchev–Trinajstić information content (AvgIpc) is 2.60. The van der Waals surface area contributed by atoms with Crippen LogP contribution in [0.25, 0.3) is 0 Å². The Morgan fingerprint density at radius 3 is 2.42 bits per heavy atom. The van der Waals surface area contributed by atoms with E-state index in [4.69, 9.17) is 4.74 Å². The van der Waals surface area contributed by atoms with Crippen molar-refractivity contribution < 1.29 is 4.74 Å². The quantitative estimate of drug-likeness (QED) is 0.228. The highest BCUT2D eigenvalue weighted by atomic mass is 127. The molecule has 0 saturated carbocycles. The number of rotatable bonds is 9. The normalized spacial score (nSPS) is 21.4. The molecule has 0 aromatic rings. The highest BCUT2D eigenvalue weighted by Crippen LogP contribution is 2.33. The van der Waals surface area contributed by atoms with Gasteiger partial charge < -0.3 is 20.3 Å². The lowest BCUT2D eigenvalue weighted by Crippen LogP contribution is -2.47. The molecule has 1 heterocycles. The number of unbranched alkanes of at least 4 members (excludes halogenated alkanes) is 1. The van der Waals surface area contributed by atoms with Crippen molar-refractivity contribution in [2.24, 2.45) is 16.3 Å². The molecule has 0 bridgehead atoms. The summed E-state index contributed by atoms with van der Waals surface area (Å²) < 4.78 is 6.07. The third kappa shape index (κ3) is 9.74. The lowest BCUT2D eigenvalue weighted by molar-refractivity contribution is -0.0835. The first-order valence-electron chi connectivity index (χ1n) is 10.2. The van der Waals surface area contributed by atoms with Gasteiger partial charge in [-0.1, -0.05) is 34.6 Å². The van der Waals surface area contributed by atoms with Crippen molar-refractivity contribution in [2.45, 2.75) is 66.4 Å². The van der Waals surface area contributed by atoms with Gasteiger partial charge in [-0.25, -0.2) is 0 Å². The number of halogens is 1. The Morgan fingerprint density at radius 1 is 1.15 bits per heavy atom. The maximum Gasteiger partial charge on any atom is 0.190 e. The molecule has 5 nitrogen and oxygen atoms in total. The van der Waals surface area contributed by atoms with E-state index < -0.39 is 0 Å². The van der Waals surface area contributed by atoms with Crippen LogP contribution >= 0.6 is 24.0 Å². The van der Waals surface area contributed by atoms with Gasteiger partial charge in [0.25, 0.3) is 0 Å². The molecule has 26 heavy (non-hydrogen) atoms. The number of guanidine groups is 1. The van der Waals surface area contributed by atoms with E-state index in [2.05, 4.69) is 55.1 Å². The van der Waals surface area contributed by atoms with Gasteiger partial charge in [0.2, 0.25) is 0 Å². The van der Waals surface area contributed by atoms with E-state index in [9.17, 15) is 0 Å². The van der Waals surface area contributed by atoms with E-state index >= 15 is 0 Å². The number of hydrogen-bond donors (Lipinski definition) is 2. The van der Waals surface area contributed by atoms with Crippen LogP contribution in [-0.4, -0.2) is 63.3 Å². The van der Waals surface area contributed by atoms with Crippen molar-refractivity contribution in [1.29, 1.82) is 0 Å². The third-order valence-corrected chi connectivity index (χ3v) is 5.14. The van der Waals surface area contributed by atoms with Crippen LogP contribution in [0.4, 0.5) is 0 Å². The third-order valence-electron chi connectivity index (χ3n) is 5.14. The van der Waals surface area contributed by atoms with Gasteiger partial charge in [0, 0.05) is 32.7 Å². The zero-order valence-corrected chi connectivity index (χ0v) is 20.3. The summed E-state index contributed by atoms with van der Waals surface area (Å²) in [6, 6.07) is 0. The van der Waals surface area contributed by atoms with Crippen LogP contribution in [-0.2, 0) is 4.74 Å². The molecule has 1 rings (SSSR count). The van der Waals surface area contributed by atoms with Crippen LogP contribution in [0.15, 0.2) is 4.99 Å². The smallest absolute Gasteiger partial charge is 0.190 e. The van der Waals surface area contributed by atoms with Crippen molar-refractivity contribution in [3.05, 3.63) is 0 Å². The van der Waals surface area contributed by atoms with Crippen molar-refractivity contribution >= 4 is 29.9 Å². The minimum atomic E-state index is 0. The Kier molecular flexibility index (Phi) is 14.0. The van der Waals surface area contributed by atoms with E-state index in [1.54, 1.807) is 0 Å². The van der Waals surface area contributed by atoms with Crippen LogP contribution in [0.5, 0.6) is 0 Å². The molecule has 2 atom stereocenters. The first-order valence-corrected chi connectivity index (χ1v) is 10.2. The fourth-order valence-corrected chi connectivity index (χ4v) is 3.66. The monoisotopic (exact) mass is 482 g/mol. The Balaban J connectivity index is 0.00000625. The second-order valence-corrected chi connectivity index (χ2v) is 8.17. The predicted octanol–water partition coefficient (Wildman–Crippen LogP) is 3.73. The maximum atomic E-state index is 6.07. The highest BCUT2D eigenvalue weighted by molar-refractivity contribution is 14.0. The van der Waals surface area contributed by atoms with E-state index in [0.717, 1.165) is 45.2 Å². The van der Waals surface area contributed by atoms with Crippen LogP contribution in [0.2, 0.25) is 0 Å². The van der Waals surface area contributed by atoms with Gasteiger partial charge in [-0.2, -0.15) is 0 Å². The summed E-state index contributed by atoms with van der Waals surface area (Å²) >= 11 is 0. The molecule has 0 amide bonds. The summed E-state index contributed by atoms with van der Waals surface area (Å²) in [5.41, 5.74) is 0.189. The SMILES string of the molecule is CCN(CC)CCCCNC(=NC)NCC1CCCOC1C(C)(C)C.I. The van der Waals surface area contributed by atoms with Crippen molar-refractivity contribution in [1.82, 2.24) is 15.5 Å². The minimum absolute atomic E-state index is 0. The molecule has 156 valence electrons. The van der Waals surface area contributed by atoms with Gasteiger partial charge in [0.15, 0.2) is 5.96 Å². The maximum absolute atomic E-state index is 6.07. The standard InChI is InChI=1S/C20H42N4O.HI/c1-7-24(8-2)14-10-9-13-22-19(21-6)23-16-17-12-11-15-25-18(17)20(3,4)5;/h17-18H,7-16H2,1-6H3,(H2,21,22,23);1H. The fraction of sp³-hybridized carbons (Fsp3) is 0.950. The topological polar surface area (TPSA) is 48.9 Å². The van der Waals surface area contributed by atoms with E-state index in [0.29, 0.717) is 12.0 Å². The highest BCUT2D eigenvalue weighted by Gasteiger charge is 2.35. The first kappa shape index (κ1) is 25.9. The zero-order valence-electron chi connectivity index (χ0n) is 17.9. The fourth-order valence-electron chi connectivity index (χ4n) is 3.66. The van der Waals surface area contributed by atoms with Crippen LogP contribution < -0.4 is 10.6 Å². The molecular weight excluding hydrogens is 439 g/mol. The number of hydrogen-bond acceptors (Lipinski definition) is 3. The second-order valence-electron chi connectivity index (χ2n) is 8.17. The Hall–Kier alpha value is -0.0800. The number of nitrogens with one attached hydrogen (secondary N) is 2. The number of nitrogens with zero attached hydrogens (tertiary/aromatic N) is 2.